The fourth-order valence-corrected chi connectivity index (χ4v) is 2.31. The second-order valence-electron chi connectivity index (χ2n) is 4.56. The third kappa shape index (κ3) is 3.54. The monoisotopic (exact) mass is 263 g/mol. The summed E-state index contributed by atoms with van der Waals surface area (Å²) < 4.78 is 5.70. The van der Waals surface area contributed by atoms with E-state index in [1.54, 1.807) is 0 Å². The van der Waals surface area contributed by atoms with Crippen LogP contribution >= 0.6 is 0 Å². The average Bonchev–Trinajstić information content (AvgIpc) is 2.45. The van der Waals surface area contributed by atoms with E-state index in [0.29, 0.717) is 13.0 Å². The lowest BCUT2D eigenvalue weighted by Gasteiger charge is -2.31. The van der Waals surface area contributed by atoms with Crippen LogP contribution < -0.4 is 5.32 Å². The van der Waals surface area contributed by atoms with Crippen molar-refractivity contribution in [3.05, 3.63) is 35.9 Å². The van der Waals surface area contributed by atoms with Crippen LogP contribution in [0.3, 0.4) is 0 Å². The molecule has 5 heteroatoms. The number of carboxylic acid groups (broad SMARTS) is 1. The van der Waals surface area contributed by atoms with Crippen molar-refractivity contribution in [2.45, 2.75) is 18.9 Å². The van der Waals surface area contributed by atoms with Gasteiger partial charge >= 0.3 is 5.97 Å². The summed E-state index contributed by atoms with van der Waals surface area (Å²) >= 11 is 0. The lowest BCUT2D eigenvalue weighted by molar-refractivity contribution is -0.141. The molecule has 2 atom stereocenters. The van der Waals surface area contributed by atoms with Crippen LogP contribution in [0, 0.1) is 5.92 Å². The maximum atomic E-state index is 12.0. The first-order valence-corrected chi connectivity index (χ1v) is 6.34. The molecular weight excluding hydrogens is 246 g/mol. The number of nitrogens with one attached hydrogen (secondary N) is 1. The van der Waals surface area contributed by atoms with Gasteiger partial charge in [-0.15, -0.1) is 0 Å². The van der Waals surface area contributed by atoms with Crippen LogP contribution in [-0.4, -0.2) is 30.1 Å². The summed E-state index contributed by atoms with van der Waals surface area (Å²) in [7, 11) is 0. The third-order valence-corrected chi connectivity index (χ3v) is 3.20. The summed E-state index contributed by atoms with van der Waals surface area (Å²) in [5.41, 5.74) is 0.956. The van der Waals surface area contributed by atoms with Gasteiger partial charge < -0.3 is 15.2 Å². The molecule has 19 heavy (non-hydrogen) atoms. The number of hydrogen-bond acceptors (Lipinski definition) is 3. The van der Waals surface area contributed by atoms with E-state index in [1.165, 1.54) is 0 Å². The van der Waals surface area contributed by atoms with Crippen molar-refractivity contribution in [1.82, 2.24) is 5.32 Å². The van der Waals surface area contributed by atoms with Crippen molar-refractivity contribution in [2.24, 2.45) is 5.92 Å². The number of benzene rings is 1. The zero-order chi connectivity index (χ0) is 13.7. The number of aliphatic carboxylic acids is 1. The fraction of sp³-hybridized carbons (Fsp3) is 0.429. The van der Waals surface area contributed by atoms with Crippen molar-refractivity contribution in [1.29, 1.82) is 0 Å². The van der Waals surface area contributed by atoms with Crippen molar-refractivity contribution >= 4 is 11.9 Å². The van der Waals surface area contributed by atoms with Crippen LogP contribution in [0.1, 0.15) is 24.5 Å². The van der Waals surface area contributed by atoms with Gasteiger partial charge in [-0.25, -0.2) is 0 Å². The molecule has 102 valence electrons. The Bertz CT molecular complexity index is 446. The predicted molar refractivity (Wildman–Crippen MR) is 68.5 cm³/mol. The highest BCUT2D eigenvalue weighted by atomic mass is 16.5. The number of carbonyl (C=O) groups excluding carboxylic acids is 1. The van der Waals surface area contributed by atoms with Crippen molar-refractivity contribution < 1.29 is 19.4 Å². The second kappa shape index (κ2) is 6.33. The van der Waals surface area contributed by atoms with Crippen molar-refractivity contribution in [2.75, 3.05) is 13.2 Å². The van der Waals surface area contributed by atoms with Gasteiger partial charge in [0.25, 0.3) is 0 Å². The molecule has 1 heterocycles. The summed E-state index contributed by atoms with van der Waals surface area (Å²) in [5.74, 6) is -1.62. The highest BCUT2D eigenvalue weighted by molar-refractivity contribution is 5.83. The molecule has 1 aliphatic heterocycles. The second-order valence-corrected chi connectivity index (χ2v) is 4.56. The Morgan fingerprint density at radius 1 is 1.32 bits per heavy atom. The minimum Gasteiger partial charge on any atom is -0.480 e. The van der Waals surface area contributed by atoms with E-state index in [2.05, 4.69) is 5.32 Å². The molecule has 0 radical (unpaired) electrons. The van der Waals surface area contributed by atoms with Gasteiger partial charge in [0.1, 0.15) is 6.54 Å². The molecule has 1 aromatic rings. The molecule has 0 saturated carbocycles. The topological polar surface area (TPSA) is 75.6 Å². The van der Waals surface area contributed by atoms with Gasteiger partial charge in [-0.2, -0.15) is 0 Å². The van der Waals surface area contributed by atoms with E-state index in [-0.39, 0.29) is 24.5 Å². The van der Waals surface area contributed by atoms with Crippen molar-refractivity contribution in [3.8, 4) is 0 Å². The van der Waals surface area contributed by atoms with Crippen LogP contribution in [0.4, 0.5) is 0 Å². The molecule has 2 rings (SSSR count). The lowest BCUT2D eigenvalue weighted by atomic mass is 9.89. The van der Waals surface area contributed by atoms with Gasteiger partial charge in [-0.1, -0.05) is 30.3 Å². The van der Waals surface area contributed by atoms with Crippen LogP contribution in [0.25, 0.3) is 0 Å². The summed E-state index contributed by atoms with van der Waals surface area (Å²) in [5, 5.41) is 11.0. The summed E-state index contributed by atoms with van der Waals surface area (Å²) in [6, 6.07) is 9.56. The molecule has 5 nitrogen and oxygen atoms in total. The maximum absolute atomic E-state index is 12.0. The molecule has 1 aromatic carbocycles. The van der Waals surface area contributed by atoms with Gasteiger partial charge in [0.2, 0.25) is 5.91 Å². The molecular formula is C14H17NO4. The number of hydrogen-bond donors (Lipinski definition) is 2. The Morgan fingerprint density at radius 3 is 2.74 bits per heavy atom. The Kier molecular flexibility index (Phi) is 4.52. The molecule has 0 bridgehead atoms. The van der Waals surface area contributed by atoms with E-state index in [9.17, 15) is 9.59 Å². The van der Waals surface area contributed by atoms with Crippen LogP contribution in [0.5, 0.6) is 0 Å². The molecule has 1 saturated heterocycles. The zero-order valence-electron chi connectivity index (χ0n) is 10.5. The highest BCUT2D eigenvalue weighted by Gasteiger charge is 2.32. The summed E-state index contributed by atoms with van der Waals surface area (Å²) in [6.07, 6.45) is 1.24. The molecule has 0 spiro atoms. The zero-order valence-corrected chi connectivity index (χ0v) is 10.5. The maximum Gasteiger partial charge on any atom is 0.322 e. The number of carbonyl (C=O) groups is 2. The highest BCUT2D eigenvalue weighted by Crippen LogP contribution is 2.33. The molecule has 1 aliphatic rings. The standard InChI is InChI=1S/C14H17NO4/c16-12(17)9-15-14(18)11-7-4-8-19-13(11)10-5-2-1-3-6-10/h1-3,5-6,11,13H,4,7-9H2,(H,15,18)(H,16,17)/t11-,13-/m1/s1. The Hall–Kier alpha value is -1.88. The summed E-state index contributed by atoms with van der Waals surface area (Å²) in [6.45, 7) is 0.277. The van der Waals surface area contributed by atoms with Crippen LogP contribution in [0.2, 0.25) is 0 Å². The average molecular weight is 263 g/mol. The predicted octanol–water partition coefficient (Wildman–Crippen LogP) is 1.36. The van der Waals surface area contributed by atoms with Crippen LogP contribution in [0.15, 0.2) is 30.3 Å². The molecule has 0 aromatic heterocycles. The normalized spacial score (nSPS) is 22.7. The minimum atomic E-state index is -1.04. The molecule has 2 N–H and O–H groups in total. The number of rotatable bonds is 4. The van der Waals surface area contributed by atoms with E-state index >= 15 is 0 Å². The third-order valence-electron chi connectivity index (χ3n) is 3.20. The van der Waals surface area contributed by atoms with Gasteiger partial charge in [-0.05, 0) is 18.4 Å². The first-order valence-electron chi connectivity index (χ1n) is 6.34. The number of ether oxygens (including phenoxy) is 1. The van der Waals surface area contributed by atoms with Gasteiger partial charge in [-0.3, -0.25) is 9.59 Å². The lowest BCUT2D eigenvalue weighted by Crippen LogP contribution is -2.39. The number of amides is 1. The molecule has 1 fully saturated rings. The van der Waals surface area contributed by atoms with E-state index in [4.69, 9.17) is 9.84 Å². The quantitative estimate of drug-likeness (QED) is 0.860. The van der Waals surface area contributed by atoms with Gasteiger partial charge in [0, 0.05) is 6.61 Å². The molecule has 1 amide bonds. The van der Waals surface area contributed by atoms with Gasteiger partial charge in [0.15, 0.2) is 0 Å². The summed E-state index contributed by atoms with van der Waals surface area (Å²) in [4.78, 5) is 22.5. The van der Waals surface area contributed by atoms with E-state index in [1.807, 2.05) is 30.3 Å². The fourth-order valence-electron chi connectivity index (χ4n) is 2.31. The first kappa shape index (κ1) is 13.5. The SMILES string of the molecule is O=C(O)CNC(=O)[C@@H]1CCCO[C@@H]1c1ccccc1. The first-order chi connectivity index (χ1) is 9.18. The Labute approximate surface area is 111 Å². The molecule has 0 unspecified atom stereocenters. The molecule has 0 aliphatic carbocycles. The Balaban J connectivity index is 2.08. The van der Waals surface area contributed by atoms with Crippen molar-refractivity contribution in [3.63, 3.8) is 0 Å². The minimum absolute atomic E-state index is 0.254. The largest absolute Gasteiger partial charge is 0.480 e. The number of carboxylic acids is 1. The van der Waals surface area contributed by atoms with Gasteiger partial charge in [0.05, 0.1) is 12.0 Å². The van der Waals surface area contributed by atoms with E-state index in [0.717, 1.165) is 12.0 Å². The van der Waals surface area contributed by atoms with Crippen LogP contribution in [-0.2, 0) is 14.3 Å². The Morgan fingerprint density at radius 2 is 2.05 bits per heavy atom. The smallest absolute Gasteiger partial charge is 0.322 e. The van der Waals surface area contributed by atoms with E-state index < -0.39 is 5.97 Å².